The summed E-state index contributed by atoms with van der Waals surface area (Å²) in [6.45, 7) is 0.266. The molecule has 1 unspecified atom stereocenters. The maximum atomic E-state index is 11.4. The first-order chi connectivity index (χ1) is 8.20. The van der Waals surface area contributed by atoms with E-state index in [0.717, 1.165) is 24.2 Å². The van der Waals surface area contributed by atoms with E-state index in [9.17, 15) is 9.90 Å². The van der Waals surface area contributed by atoms with E-state index in [2.05, 4.69) is 5.32 Å². The van der Waals surface area contributed by atoms with Crippen LogP contribution in [-0.4, -0.2) is 24.7 Å². The molecule has 0 spiro atoms. The number of nitrogens with one attached hydrogen (secondary N) is 1. The van der Waals surface area contributed by atoms with Crippen LogP contribution in [0, 0.1) is 5.92 Å². The zero-order valence-corrected chi connectivity index (χ0v) is 9.85. The van der Waals surface area contributed by atoms with E-state index in [1.165, 1.54) is 0 Å². The molecule has 1 fully saturated rings. The van der Waals surface area contributed by atoms with Crippen LogP contribution >= 0.6 is 0 Å². The third-order valence-electron chi connectivity index (χ3n) is 2.92. The average Bonchev–Trinajstić information content (AvgIpc) is 3.20. The quantitative estimate of drug-likeness (QED) is 0.807. The van der Waals surface area contributed by atoms with Gasteiger partial charge in [-0.2, -0.15) is 0 Å². The van der Waals surface area contributed by atoms with Gasteiger partial charge in [-0.1, -0.05) is 12.1 Å². The topological polar surface area (TPSA) is 58.6 Å². The van der Waals surface area contributed by atoms with E-state index in [1.807, 2.05) is 0 Å². The minimum absolute atomic E-state index is 0.0533. The second-order valence-corrected chi connectivity index (χ2v) is 4.31. The molecule has 0 aromatic heterocycles. The van der Waals surface area contributed by atoms with Crippen LogP contribution in [0.4, 0.5) is 0 Å². The van der Waals surface area contributed by atoms with Crippen LogP contribution in [0.2, 0.25) is 0 Å². The number of aliphatic hydroxyl groups is 1. The van der Waals surface area contributed by atoms with Crippen molar-refractivity contribution in [1.82, 2.24) is 5.32 Å². The molecule has 4 nitrogen and oxygen atoms in total. The van der Waals surface area contributed by atoms with E-state index in [4.69, 9.17) is 4.74 Å². The Bertz CT molecular complexity index is 384. The van der Waals surface area contributed by atoms with Crippen LogP contribution in [0.25, 0.3) is 0 Å². The Kier molecular flexibility index (Phi) is 3.64. The average molecular weight is 235 g/mol. The maximum absolute atomic E-state index is 11.4. The Balaban J connectivity index is 1.85. The highest BCUT2D eigenvalue weighted by Crippen LogP contribution is 2.28. The van der Waals surface area contributed by atoms with Crippen molar-refractivity contribution >= 4 is 5.91 Å². The van der Waals surface area contributed by atoms with Gasteiger partial charge in [0.2, 0.25) is 5.91 Å². The van der Waals surface area contributed by atoms with Crippen LogP contribution in [-0.2, 0) is 4.79 Å². The highest BCUT2D eigenvalue weighted by molar-refractivity contribution is 5.80. The zero-order valence-electron chi connectivity index (χ0n) is 9.85. The van der Waals surface area contributed by atoms with Gasteiger partial charge in [-0.25, -0.2) is 0 Å². The summed E-state index contributed by atoms with van der Waals surface area (Å²) in [5.74, 6) is 0.985. The third-order valence-corrected chi connectivity index (χ3v) is 2.92. The number of benzene rings is 1. The van der Waals surface area contributed by atoms with Gasteiger partial charge in [0.1, 0.15) is 5.75 Å². The minimum atomic E-state index is -0.663. The van der Waals surface area contributed by atoms with Gasteiger partial charge in [0.15, 0.2) is 0 Å². The normalized spacial score (nSPS) is 16.4. The summed E-state index contributed by atoms with van der Waals surface area (Å²) in [5.41, 5.74) is 0.780. The predicted octanol–water partition coefficient (Wildman–Crippen LogP) is 1.25. The van der Waals surface area contributed by atoms with Crippen molar-refractivity contribution in [3.05, 3.63) is 29.8 Å². The monoisotopic (exact) mass is 235 g/mol. The van der Waals surface area contributed by atoms with Gasteiger partial charge in [-0.05, 0) is 30.5 Å². The first-order valence-corrected chi connectivity index (χ1v) is 5.80. The summed E-state index contributed by atoms with van der Waals surface area (Å²) >= 11 is 0. The zero-order chi connectivity index (χ0) is 12.3. The summed E-state index contributed by atoms with van der Waals surface area (Å²) in [6, 6.07) is 7.18. The molecule has 0 heterocycles. The molecule has 17 heavy (non-hydrogen) atoms. The number of carbonyl (C=O) groups is 1. The SMILES string of the molecule is COc1ccc(C(O)CNC(=O)C2CC2)cc1. The fourth-order valence-corrected chi connectivity index (χ4v) is 1.63. The van der Waals surface area contributed by atoms with Crippen LogP contribution in [0.5, 0.6) is 5.75 Å². The Hall–Kier alpha value is -1.55. The van der Waals surface area contributed by atoms with E-state index in [-0.39, 0.29) is 18.4 Å². The van der Waals surface area contributed by atoms with Crippen molar-refractivity contribution in [2.45, 2.75) is 18.9 Å². The number of aliphatic hydroxyl groups excluding tert-OH is 1. The van der Waals surface area contributed by atoms with Crippen molar-refractivity contribution in [2.24, 2.45) is 5.92 Å². The Morgan fingerprint density at radius 1 is 1.47 bits per heavy atom. The molecule has 0 saturated heterocycles. The predicted molar refractivity (Wildman–Crippen MR) is 63.7 cm³/mol. The summed E-state index contributed by atoms with van der Waals surface area (Å²) in [6.07, 6.45) is 1.29. The standard InChI is InChI=1S/C13H17NO3/c1-17-11-6-4-9(5-7-11)12(15)8-14-13(16)10-2-3-10/h4-7,10,12,15H,2-3,8H2,1H3,(H,14,16). The van der Waals surface area contributed by atoms with E-state index < -0.39 is 6.10 Å². The maximum Gasteiger partial charge on any atom is 0.223 e. The molecule has 92 valence electrons. The number of hydrogen-bond donors (Lipinski definition) is 2. The largest absolute Gasteiger partial charge is 0.497 e. The molecule has 1 amide bonds. The smallest absolute Gasteiger partial charge is 0.223 e. The number of hydrogen-bond acceptors (Lipinski definition) is 3. The summed E-state index contributed by atoms with van der Waals surface area (Å²) < 4.78 is 5.04. The van der Waals surface area contributed by atoms with Crippen molar-refractivity contribution < 1.29 is 14.6 Å². The van der Waals surface area contributed by atoms with Crippen LogP contribution in [0.3, 0.4) is 0 Å². The third kappa shape index (κ3) is 3.20. The molecular formula is C13H17NO3. The highest BCUT2D eigenvalue weighted by atomic mass is 16.5. The van der Waals surface area contributed by atoms with Crippen LogP contribution in [0.1, 0.15) is 24.5 Å². The Morgan fingerprint density at radius 3 is 2.65 bits per heavy atom. The molecule has 0 bridgehead atoms. The Labute approximate surface area is 101 Å². The van der Waals surface area contributed by atoms with Gasteiger partial charge in [0, 0.05) is 12.5 Å². The molecule has 2 N–H and O–H groups in total. The fourth-order valence-electron chi connectivity index (χ4n) is 1.63. The summed E-state index contributed by atoms with van der Waals surface area (Å²) in [4.78, 5) is 11.4. The number of carbonyl (C=O) groups excluding carboxylic acids is 1. The second kappa shape index (κ2) is 5.19. The first-order valence-electron chi connectivity index (χ1n) is 5.80. The van der Waals surface area contributed by atoms with E-state index in [1.54, 1.807) is 31.4 Å². The molecule has 1 aromatic carbocycles. The van der Waals surface area contributed by atoms with Crippen molar-refractivity contribution in [3.63, 3.8) is 0 Å². The lowest BCUT2D eigenvalue weighted by molar-refractivity contribution is -0.122. The minimum Gasteiger partial charge on any atom is -0.497 e. The lowest BCUT2D eigenvalue weighted by Crippen LogP contribution is -2.29. The molecular weight excluding hydrogens is 218 g/mol. The van der Waals surface area contributed by atoms with E-state index >= 15 is 0 Å². The molecule has 0 radical (unpaired) electrons. The highest BCUT2D eigenvalue weighted by Gasteiger charge is 2.29. The van der Waals surface area contributed by atoms with Gasteiger partial charge in [0.05, 0.1) is 13.2 Å². The molecule has 1 saturated carbocycles. The molecule has 1 atom stereocenters. The van der Waals surface area contributed by atoms with Gasteiger partial charge in [0.25, 0.3) is 0 Å². The van der Waals surface area contributed by atoms with Crippen LogP contribution in [0.15, 0.2) is 24.3 Å². The lowest BCUT2D eigenvalue weighted by atomic mass is 10.1. The van der Waals surface area contributed by atoms with Crippen molar-refractivity contribution in [2.75, 3.05) is 13.7 Å². The molecule has 0 aliphatic heterocycles. The second-order valence-electron chi connectivity index (χ2n) is 4.31. The Morgan fingerprint density at radius 2 is 2.12 bits per heavy atom. The molecule has 1 aliphatic carbocycles. The number of ether oxygens (including phenoxy) is 1. The fraction of sp³-hybridized carbons (Fsp3) is 0.462. The number of amides is 1. The van der Waals surface area contributed by atoms with Gasteiger partial charge < -0.3 is 15.2 Å². The number of rotatable bonds is 5. The van der Waals surface area contributed by atoms with Gasteiger partial charge >= 0.3 is 0 Å². The van der Waals surface area contributed by atoms with Gasteiger partial charge in [-0.3, -0.25) is 4.79 Å². The van der Waals surface area contributed by atoms with Crippen molar-refractivity contribution in [1.29, 1.82) is 0 Å². The van der Waals surface area contributed by atoms with Crippen LogP contribution < -0.4 is 10.1 Å². The summed E-state index contributed by atoms with van der Waals surface area (Å²) in [5, 5.41) is 12.6. The molecule has 1 aromatic rings. The lowest BCUT2D eigenvalue weighted by Gasteiger charge is -2.12. The first kappa shape index (κ1) is 11.9. The molecule has 1 aliphatic rings. The van der Waals surface area contributed by atoms with E-state index in [0.29, 0.717) is 0 Å². The van der Waals surface area contributed by atoms with Gasteiger partial charge in [-0.15, -0.1) is 0 Å². The summed E-state index contributed by atoms with van der Waals surface area (Å²) in [7, 11) is 1.60. The molecule has 4 heteroatoms. The van der Waals surface area contributed by atoms with Crippen molar-refractivity contribution in [3.8, 4) is 5.75 Å². The number of methoxy groups -OCH3 is 1. The molecule has 2 rings (SSSR count).